The fourth-order valence-corrected chi connectivity index (χ4v) is 3.14. The summed E-state index contributed by atoms with van der Waals surface area (Å²) in [5.41, 5.74) is 2.29. The monoisotopic (exact) mass is 313 g/mol. The van der Waals surface area contributed by atoms with Gasteiger partial charge in [0.2, 0.25) is 0 Å². The summed E-state index contributed by atoms with van der Waals surface area (Å²) >= 11 is 0. The summed E-state index contributed by atoms with van der Waals surface area (Å²) in [6.07, 6.45) is 4.48. The summed E-state index contributed by atoms with van der Waals surface area (Å²) in [5, 5.41) is 13.8. The van der Waals surface area contributed by atoms with Gasteiger partial charge in [0.05, 0.1) is 18.2 Å². The predicted molar refractivity (Wildman–Crippen MR) is 88.0 cm³/mol. The molecule has 1 aromatic carbocycles. The van der Waals surface area contributed by atoms with Gasteiger partial charge in [0, 0.05) is 12.7 Å². The molecule has 122 valence electrons. The lowest BCUT2D eigenvalue weighted by Gasteiger charge is -2.18. The number of benzene rings is 1. The van der Waals surface area contributed by atoms with Crippen LogP contribution in [0.5, 0.6) is 0 Å². The molecule has 1 saturated heterocycles. The van der Waals surface area contributed by atoms with Crippen molar-refractivity contribution >= 4 is 5.97 Å². The lowest BCUT2D eigenvalue weighted by molar-refractivity contribution is -0.142. The Morgan fingerprint density at radius 1 is 1.13 bits per heavy atom. The Labute approximate surface area is 136 Å². The average molecular weight is 313 g/mol. The molecule has 1 atom stereocenters. The van der Waals surface area contributed by atoms with Crippen molar-refractivity contribution < 1.29 is 9.90 Å². The summed E-state index contributed by atoms with van der Waals surface area (Å²) < 4.78 is 1.96. The van der Waals surface area contributed by atoms with Crippen molar-refractivity contribution in [3.63, 3.8) is 0 Å². The van der Waals surface area contributed by atoms with Gasteiger partial charge >= 0.3 is 5.97 Å². The molecule has 3 rings (SSSR count). The van der Waals surface area contributed by atoms with Gasteiger partial charge in [0.1, 0.15) is 0 Å². The Morgan fingerprint density at radius 3 is 2.74 bits per heavy atom. The summed E-state index contributed by atoms with van der Waals surface area (Å²) in [6, 6.07) is 12.3. The number of likely N-dealkylation sites (tertiary alicyclic amines) is 1. The van der Waals surface area contributed by atoms with Gasteiger partial charge < -0.3 is 5.11 Å². The molecule has 1 aromatic heterocycles. The zero-order valence-electron chi connectivity index (χ0n) is 13.3. The number of carboxylic acid groups (broad SMARTS) is 1. The van der Waals surface area contributed by atoms with Gasteiger partial charge in [-0.3, -0.25) is 14.4 Å². The fourth-order valence-electron chi connectivity index (χ4n) is 3.14. The maximum Gasteiger partial charge on any atom is 0.306 e. The molecule has 1 unspecified atom stereocenters. The van der Waals surface area contributed by atoms with Crippen LogP contribution in [0.2, 0.25) is 0 Å². The third-order valence-electron chi connectivity index (χ3n) is 4.44. The lowest BCUT2D eigenvalue weighted by Crippen LogP contribution is -2.25. The maximum absolute atomic E-state index is 11.1. The lowest BCUT2D eigenvalue weighted by atomic mass is 10.0. The first-order valence-electron chi connectivity index (χ1n) is 8.22. The molecule has 0 aliphatic carbocycles. The summed E-state index contributed by atoms with van der Waals surface area (Å²) in [6.45, 7) is 3.37. The number of hydrogen-bond acceptors (Lipinski definition) is 3. The topological polar surface area (TPSA) is 58.4 Å². The number of carboxylic acids is 1. The first-order valence-corrected chi connectivity index (χ1v) is 8.22. The molecular weight excluding hydrogens is 290 g/mol. The Morgan fingerprint density at radius 2 is 1.96 bits per heavy atom. The van der Waals surface area contributed by atoms with Gasteiger partial charge in [0.25, 0.3) is 0 Å². The zero-order chi connectivity index (χ0) is 16.1. The van der Waals surface area contributed by atoms with Crippen LogP contribution in [0.25, 0.3) is 0 Å². The summed E-state index contributed by atoms with van der Waals surface area (Å²) in [4.78, 5) is 13.4. The highest BCUT2D eigenvalue weighted by Gasteiger charge is 2.22. The number of aliphatic carboxylic acids is 1. The van der Waals surface area contributed by atoms with Crippen molar-refractivity contribution in [2.24, 2.45) is 5.92 Å². The Balaban J connectivity index is 1.55. The number of rotatable bonds is 5. The molecule has 0 saturated carbocycles. The predicted octanol–water partition coefficient (Wildman–Crippen LogP) is 2.62. The molecule has 0 amide bonds. The fraction of sp³-hybridized carbons (Fsp3) is 0.444. The number of nitrogens with zero attached hydrogens (tertiary/aromatic N) is 3. The van der Waals surface area contributed by atoms with Gasteiger partial charge in [-0.2, -0.15) is 5.10 Å². The Bertz CT molecular complexity index is 639. The molecule has 2 heterocycles. The van der Waals surface area contributed by atoms with E-state index in [9.17, 15) is 4.79 Å². The second-order valence-corrected chi connectivity index (χ2v) is 6.23. The summed E-state index contributed by atoms with van der Waals surface area (Å²) in [5.74, 6) is -0.838. The van der Waals surface area contributed by atoms with Gasteiger partial charge in [-0.15, -0.1) is 0 Å². The van der Waals surface area contributed by atoms with Gasteiger partial charge in [-0.25, -0.2) is 0 Å². The molecular formula is C18H23N3O2. The molecule has 0 radical (unpaired) electrons. The normalized spacial score (nSPS) is 19.4. The minimum Gasteiger partial charge on any atom is -0.481 e. The molecule has 5 nitrogen and oxygen atoms in total. The van der Waals surface area contributed by atoms with E-state index in [2.05, 4.69) is 28.2 Å². The van der Waals surface area contributed by atoms with Gasteiger partial charge in [-0.1, -0.05) is 30.3 Å². The maximum atomic E-state index is 11.1. The molecule has 5 heteroatoms. The zero-order valence-corrected chi connectivity index (χ0v) is 13.3. The highest BCUT2D eigenvalue weighted by atomic mass is 16.4. The second-order valence-electron chi connectivity index (χ2n) is 6.23. The average Bonchev–Trinajstić information content (AvgIpc) is 2.83. The van der Waals surface area contributed by atoms with E-state index in [0.29, 0.717) is 0 Å². The number of aromatic nitrogens is 2. The van der Waals surface area contributed by atoms with E-state index in [1.165, 1.54) is 5.56 Å². The second kappa shape index (κ2) is 7.42. The van der Waals surface area contributed by atoms with E-state index >= 15 is 0 Å². The molecule has 2 aromatic rings. The van der Waals surface area contributed by atoms with E-state index < -0.39 is 5.97 Å². The quantitative estimate of drug-likeness (QED) is 0.922. The van der Waals surface area contributed by atoms with Crippen LogP contribution in [-0.2, 0) is 17.9 Å². The van der Waals surface area contributed by atoms with E-state index in [-0.39, 0.29) is 5.92 Å². The third-order valence-corrected chi connectivity index (χ3v) is 4.44. The SMILES string of the molecule is O=C(O)C1CCCN(Cc2ccn(Cc3ccccc3)n2)CC1. The highest BCUT2D eigenvalue weighted by molar-refractivity contribution is 5.69. The molecule has 0 bridgehead atoms. The largest absolute Gasteiger partial charge is 0.481 e. The van der Waals surface area contributed by atoms with Crippen LogP contribution in [0.15, 0.2) is 42.6 Å². The van der Waals surface area contributed by atoms with E-state index in [4.69, 9.17) is 5.11 Å². The molecule has 1 aliphatic heterocycles. The van der Waals surface area contributed by atoms with E-state index in [0.717, 1.165) is 51.1 Å². The Hall–Kier alpha value is -2.14. The molecule has 1 fully saturated rings. The first-order chi connectivity index (χ1) is 11.2. The smallest absolute Gasteiger partial charge is 0.306 e. The third kappa shape index (κ3) is 4.42. The van der Waals surface area contributed by atoms with E-state index in [1.54, 1.807) is 0 Å². The summed E-state index contributed by atoms with van der Waals surface area (Å²) in [7, 11) is 0. The first kappa shape index (κ1) is 15.7. The minimum atomic E-state index is -0.654. The van der Waals surface area contributed by atoms with Crippen LogP contribution in [0.4, 0.5) is 0 Å². The Kier molecular flexibility index (Phi) is 5.08. The van der Waals surface area contributed by atoms with Crippen LogP contribution in [0, 0.1) is 5.92 Å². The van der Waals surface area contributed by atoms with Crippen LogP contribution < -0.4 is 0 Å². The minimum absolute atomic E-state index is 0.185. The van der Waals surface area contributed by atoms with Crippen molar-refractivity contribution in [1.29, 1.82) is 0 Å². The molecule has 23 heavy (non-hydrogen) atoms. The van der Waals surface area contributed by atoms with Crippen LogP contribution in [0.1, 0.15) is 30.5 Å². The van der Waals surface area contributed by atoms with Crippen molar-refractivity contribution in [1.82, 2.24) is 14.7 Å². The molecule has 1 N–H and O–H groups in total. The van der Waals surface area contributed by atoms with Crippen LogP contribution >= 0.6 is 0 Å². The number of carbonyl (C=O) groups is 1. The van der Waals surface area contributed by atoms with Gasteiger partial charge in [-0.05, 0) is 44.0 Å². The highest BCUT2D eigenvalue weighted by Crippen LogP contribution is 2.19. The molecule has 0 spiro atoms. The van der Waals surface area contributed by atoms with Crippen molar-refractivity contribution in [2.75, 3.05) is 13.1 Å². The molecule has 1 aliphatic rings. The van der Waals surface area contributed by atoms with Crippen LogP contribution in [0.3, 0.4) is 0 Å². The van der Waals surface area contributed by atoms with Crippen LogP contribution in [-0.4, -0.2) is 38.8 Å². The van der Waals surface area contributed by atoms with Crippen molar-refractivity contribution in [3.05, 3.63) is 53.9 Å². The van der Waals surface area contributed by atoms with Crippen molar-refractivity contribution in [3.8, 4) is 0 Å². The van der Waals surface area contributed by atoms with Gasteiger partial charge in [0.15, 0.2) is 0 Å². The van der Waals surface area contributed by atoms with Crippen molar-refractivity contribution in [2.45, 2.75) is 32.4 Å². The van der Waals surface area contributed by atoms with E-state index in [1.807, 2.05) is 29.1 Å². The standard InChI is InChI=1S/C18H23N3O2/c22-18(23)16-7-4-10-20(11-8-16)14-17-9-12-21(19-17)13-15-5-2-1-3-6-15/h1-3,5-6,9,12,16H,4,7-8,10-11,13-14H2,(H,22,23). The number of hydrogen-bond donors (Lipinski definition) is 1.